The normalized spacial score (nSPS) is 16.2. The molecule has 1 amide bonds. The number of rotatable bonds is 11. The van der Waals surface area contributed by atoms with E-state index >= 15 is 0 Å². The van der Waals surface area contributed by atoms with Crippen LogP contribution in [0.2, 0.25) is 0 Å². The zero-order valence-electron chi connectivity index (χ0n) is 21.8. The van der Waals surface area contributed by atoms with Crippen molar-refractivity contribution in [3.63, 3.8) is 0 Å². The van der Waals surface area contributed by atoms with Crippen LogP contribution < -0.4 is 5.48 Å². The van der Waals surface area contributed by atoms with Crippen molar-refractivity contribution in [3.8, 4) is 11.1 Å². The van der Waals surface area contributed by atoms with Gasteiger partial charge in [0.2, 0.25) is 5.91 Å². The van der Waals surface area contributed by atoms with E-state index in [0.29, 0.717) is 30.5 Å². The maximum Gasteiger partial charge on any atom is 0.354 e. The first-order valence-electron chi connectivity index (χ1n) is 13.1. The maximum absolute atomic E-state index is 13.5. The van der Waals surface area contributed by atoms with Crippen LogP contribution in [0.15, 0.2) is 84.9 Å². The number of amides is 1. The van der Waals surface area contributed by atoms with Crippen LogP contribution in [-0.2, 0) is 19.2 Å². The molecule has 3 atom stereocenters. The lowest BCUT2D eigenvalue weighted by molar-refractivity contribution is -0.159. The summed E-state index contributed by atoms with van der Waals surface area (Å²) in [5, 5.41) is 10.0. The van der Waals surface area contributed by atoms with E-state index in [1.807, 2.05) is 48.5 Å². The van der Waals surface area contributed by atoms with E-state index in [4.69, 9.17) is 4.84 Å². The number of nitrogens with one attached hydrogen (secondary N) is 1. The second-order valence-electron chi connectivity index (χ2n) is 9.63. The highest BCUT2D eigenvalue weighted by Gasteiger charge is 2.44. The Hall–Kier alpha value is -4.46. The molecule has 1 saturated heterocycles. The number of para-hydroxylation sites is 1. The SMILES string of the molecule is CCC(CC(=O)c1ccc(-c2ccccc2)cc1)C(C(=O)O)C(=O)N1CCCC1C(=O)ONc1ccccc1. The van der Waals surface area contributed by atoms with Crippen molar-refractivity contribution in [1.82, 2.24) is 4.90 Å². The van der Waals surface area contributed by atoms with Gasteiger partial charge in [0.1, 0.15) is 12.0 Å². The number of nitrogens with zero attached hydrogens (tertiary/aromatic N) is 1. The summed E-state index contributed by atoms with van der Waals surface area (Å²) in [6.45, 7) is 2.01. The van der Waals surface area contributed by atoms with Crippen LogP contribution in [0.1, 0.15) is 43.0 Å². The van der Waals surface area contributed by atoms with Crippen LogP contribution in [0.25, 0.3) is 11.1 Å². The van der Waals surface area contributed by atoms with Crippen molar-refractivity contribution in [2.75, 3.05) is 12.0 Å². The molecule has 3 aromatic rings. The van der Waals surface area contributed by atoms with Crippen molar-refractivity contribution in [1.29, 1.82) is 0 Å². The zero-order chi connectivity index (χ0) is 27.8. The minimum atomic E-state index is -1.45. The summed E-state index contributed by atoms with van der Waals surface area (Å²) in [6.07, 6.45) is 1.14. The first-order valence-corrected chi connectivity index (χ1v) is 13.1. The van der Waals surface area contributed by atoms with Gasteiger partial charge in [-0.1, -0.05) is 86.1 Å². The monoisotopic (exact) mass is 528 g/mol. The first kappa shape index (κ1) is 27.6. The molecule has 1 aliphatic heterocycles. The van der Waals surface area contributed by atoms with E-state index < -0.39 is 35.7 Å². The average molecular weight is 529 g/mol. The van der Waals surface area contributed by atoms with Crippen LogP contribution in [0.3, 0.4) is 0 Å². The van der Waals surface area contributed by atoms with Gasteiger partial charge in [0.05, 0.1) is 5.69 Å². The summed E-state index contributed by atoms with van der Waals surface area (Å²) >= 11 is 0. The van der Waals surface area contributed by atoms with Gasteiger partial charge in [-0.15, -0.1) is 0 Å². The maximum atomic E-state index is 13.5. The van der Waals surface area contributed by atoms with Crippen molar-refractivity contribution in [2.45, 2.75) is 38.6 Å². The van der Waals surface area contributed by atoms with Gasteiger partial charge in [-0.3, -0.25) is 14.4 Å². The predicted molar refractivity (Wildman–Crippen MR) is 147 cm³/mol. The Kier molecular flexibility index (Phi) is 9.10. The van der Waals surface area contributed by atoms with E-state index in [-0.39, 0.29) is 18.7 Å². The molecule has 39 heavy (non-hydrogen) atoms. The summed E-state index contributed by atoms with van der Waals surface area (Å²) in [4.78, 5) is 58.2. The molecular formula is C31H32N2O6. The fourth-order valence-corrected chi connectivity index (χ4v) is 4.98. The highest BCUT2D eigenvalue weighted by Crippen LogP contribution is 2.29. The lowest BCUT2D eigenvalue weighted by Crippen LogP contribution is -2.48. The summed E-state index contributed by atoms with van der Waals surface area (Å²) < 4.78 is 0. The topological polar surface area (TPSA) is 113 Å². The molecule has 202 valence electrons. The number of carbonyl (C=O) groups is 4. The largest absolute Gasteiger partial charge is 0.481 e. The number of carboxylic acid groups (broad SMARTS) is 1. The fraction of sp³-hybridized carbons (Fsp3) is 0.290. The molecule has 8 nitrogen and oxygen atoms in total. The molecule has 0 aliphatic carbocycles. The molecule has 1 fully saturated rings. The Bertz CT molecular complexity index is 1290. The number of benzene rings is 3. The van der Waals surface area contributed by atoms with E-state index in [0.717, 1.165) is 11.1 Å². The lowest BCUT2D eigenvalue weighted by Gasteiger charge is -2.29. The fourth-order valence-electron chi connectivity index (χ4n) is 4.98. The van der Waals surface area contributed by atoms with Gasteiger partial charge in [0.25, 0.3) is 0 Å². The average Bonchev–Trinajstić information content (AvgIpc) is 3.47. The molecule has 2 N–H and O–H groups in total. The Balaban J connectivity index is 1.43. The van der Waals surface area contributed by atoms with Crippen molar-refractivity contribution in [3.05, 3.63) is 90.5 Å². The van der Waals surface area contributed by atoms with Gasteiger partial charge in [-0.2, -0.15) is 0 Å². The van der Waals surface area contributed by atoms with Gasteiger partial charge < -0.3 is 14.8 Å². The van der Waals surface area contributed by atoms with Gasteiger partial charge in [0, 0.05) is 18.5 Å². The minimum Gasteiger partial charge on any atom is -0.481 e. The molecule has 0 radical (unpaired) electrons. The van der Waals surface area contributed by atoms with Gasteiger partial charge in [-0.25, -0.2) is 10.3 Å². The lowest BCUT2D eigenvalue weighted by atomic mass is 9.83. The number of likely N-dealkylation sites (tertiary alicyclic amines) is 1. The second kappa shape index (κ2) is 12.9. The predicted octanol–water partition coefficient (Wildman–Crippen LogP) is 5.21. The molecule has 0 bridgehead atoms. The molecule has 0 saturated carbocycles. The third kappa shape index (κ3) is 6.71. The van der Waals surface area contributed by atoms with E-state index in [1.165, 1.54) is 4.90 Å². The number of anilines is 1. The van der Waals surface area contributed by atoms with Crippen molar-refractivity contribution < 1.29 is 29.1 Å². The van der Waals surface area contributed by atoms with E-state index in [9.17, 15) is 24.3 Å². The zero-order valence-corrected chi connectivity index (χ0v) is 21.8. The number of carboxylic acids is 1. The molecule has 1 aliphatic rings. The third-order valence-corrected chi connectivity index (χ3v) is 7.14. The van der Waals surface area contributed by atoms with Gasteiger partial charge in [0.15, 0.2) is 5.78 Å². The van der Waals surface area contributed by atoms with Crippen LogP contribution in [0, 0.1) is 11.8 Å². The number of hydrogen-bond acceptors (Lipinski definition) is 6. The van der Waals surface area contributed by atoms with Crippen LogP contribution in [0.5, 0.6) is 0 Å². The van der Waals surface area contributed by atoms with Crippen molar-refractivity contribution >= 4 is 29.3 Å². The summed E-state index contributed by atoms with van der Waals surface area (Å²) in [5.74, 6) is -5.03. The third-order valence-electron chi connectivity index (χ3n) is 7.14. The van der Waals surface area contributed by atoms with Gasteiger partial charge >= 0.3 is 11.9 Å². The summed E-state index contributed by atoms with van der Waals surface area (Å²) in [7, 11) is 0. The number of aliphatic carboxylic acids is 1. The Morgan fingerprint density at radius 2 is 1.54 bits per heavy atom. The number of Topliss-reactive ketones (excluding diaryl/α,β-unsaturated/α-hetero) is 1. The Labute approximate surface area is 227 Å². The Morgan fingerprint density at radius 1 is 0.923 bits per heavy atom. The Morgan fingerprint density at radius 3 is 2.15 bits per heavy atom. The second-order valence-corrected chi connectivity index (χ2v) is 9.63. The molecule has 0 aromatic heterocycles. The summed E-state index contributed by atoms with van der Waals surface area (Å²) in [6, 6.07) is 24.9. The molecule has 3 unspecified atom stereocenters. The standard InChI is InChI=1S/C31H32N2O6/c1-2-21(20-27(34)24-17-15-23(16-18-24)22-10-5-3-6-11-22)28(30(36)37)29(35)33-19-9-14-26(33)31(38)39-32-25-12-7-4-8-13-25/h3-8,10-13,15-18,21,26,28,32H,2,9,14,19-20H2,1H3,(H,36,37). The van der Waals surface area contributed by atoms with Crippen molar-refractivity contribution in [2.24, 2.45) is 11.8 Å². The smallest absolute Gasteiger partial charge is 0.354 e. The number of ketones is 1. The van der Waals surface area contributed by atoms with Gasteiger partial charge in [-0.05, 0) is 42.0 Å². The molecule has 1 heterocycles. The number of hydrogen-bond donors (Lipinski definition) is 2. The molecular weight excluding hydrogens is 496 g/mol. The number of carbonyl (C=O) groups excluding carboxylic acids is 3. The first-order chi connectivity index (χ1) is 18.9. The molecule has 4 rings (SSSR count). The minimum absolute atomic E-state index is 0.0948. The van der Waals surface area contributed by atoms with Crippen LogP contribution in [0.4, 0.5) is 5.69 Å². The highest BCUT2D eigenvalue weighted by atomic mass is 16.7. The molecule has 3 aromatic carbocycles. The quantitative estimate of drug-likeness (QED) is 0.199. The molecule has 0 spiro atoms. The van der Waals surface area contributed by atoms with Crippen LogP contribution >= 0.6 is 0 Å². The van der Waals surface area contributed by atoms with Crippen LogP contribution in [-0.4, -0.2) is 46.2 Å². The summed E-state index contributed by atoms with van der Waals surface area (Å²) in [5.41, 5.74) is 5.60. The molecule has 8 heteroatoms. The van der Waals surface area contributed by atoms with E-state index in [1.54, 1.807) is 43.3 Å². The van der Waals surface area contributed by atoms with E-state index in [2.05, 4.69) is 5.48 Å². The highest BCUT2D eigenvalue weighted by molar-refractivity contribution is 6.01.